The lowest BCUT2D eigenvalue weighted by Crippen LogP contribution is -2.40. The molecule has 1 unspecified atom stereocenters. The molecule has 2 rings (SSSR count). The fourth-order valence-electron chi connectivity index (χ4n) is 2.43. The number of rotatable bonds is 6. The first-order valence-corrected chi connectivity index (χ1v) is 8.40. The van der Waals surface area contributed by atoms with Crippen molar-refractivity contribution in [3.8, 4) is 0 Å². The number of carboxylic acids is 1. The second-order valence-corrected chi connectivity index (χ2v) is 6.43. The highest BCUT2D eigenvalue weighted by molar-refractivity contribution is 6.31. The molecule has 0 spiro atoms. The fourth-order valence-corrected chi connectivity index (χ4v) is 2.71. The standard InChI is InChI=1S/C19H20ClFN2O3/c1-12-3-5-13(6-4-12)18(15-8-7-14(21)11-16(15)20)22-19(26)23(2)10-9-17(24)25/h3-8,11,18H,9-10H2,1-2H3,(H,22,26)(H,24,25). The summed E-state index contributed by atoms with van der Waals surface area (Å²) in [6.45, 7) is 2.01. The number of nitrogens with one attached hydrogen (secondary N) is 1. The van der Waals surface area contributed by atoms with Gasteiger partial charge in [-0.1, -0.05) is 47.5 Å². The van der Waals surface area contributed by atoms with Gasteiger partial charge >= 0.3 is 12.0 Å². The monoisotopic (exact) mass is 378 g/mol. The number of urea groups is 1. The van der Waals surface area contributed by atoms with Crippen LogP contribution in [0.3, 0.4) is 0 Å². The highest BCUT2D eigenvalue weighted by Crippen LogP contribution is 2.29. The molecular weight excluding hydrogens is 359 g/mol. The number of halogens is 2. The molecule has 0 aromatic heterocycles. The zero-order valence-corrected chi connectivity index (χ0v) is 15.3. The number of hydrogen-bond donors (Lipinski definition) is 2. The number of aryl methyl sites for hydroxylation is 1. The molecule has 2 N–H and O–H groups in total. The first kappa shape index (κ1) is 19.7. The van der Waals surface area contributed by atoms with Crippen LogP contribution in [0.25, 0.3) is 0 Å². The molecule has 0 saturated carbocycles. The molecule has 138 valence electrons. The van der Waals surface area contributed by atoms with Gasteiger partial charge in [-0.2, -0.15) is 0 Å². The van der Waals surface area contributed by atoms with Gasteiger partial charge < -0.3 is 15.3 Å². The number of hydrogen-bond acceptors (Lipinski definition) is 2. The van der Waals surface area contributed by atoms with E-state index in [0.717, 1.165) is 11.1 Å². The van der Waals surface area contributed by atoms with Crippen LogP contribution < -0.4 is 5.32 Å². The zero-order valence-electron chi connectivity index (χ0n) is 14.5. The first-order valence-electron chi connectivity index (χ1n) is 8.03. The number of carbonyl (C=O) groups excluding carboxylic acids is 1. The summed E-state index contributed by atoms with van der Waals surface area (Å²) in [5, 5.41) is 11.8. The van der Waals surface area contributed by atoms with E-state index >= 15 is 0 Å². The highest BCUT2D eigenvalue weighted by Gasteiger charge is 2.22. The summed E-state index contributed by atoms with van der Waals surface area (Å²) in [4.78, 5) is 24.4. The second kappa shape index (κ2) is 8.67. The summed E-state index contributed by atoms with van der Waals surface area (Å²) in [7, 11) is 1.51. The molecule has 0 radical (unpaired) electrons. The van der Waals surface area contributed by atoms with Crippen LogP contribution in [0.2, 0.25) is 5.02 Å². The van der Waals surface area contributed by atoms with Crippen LogP contribution in [0.4, 0.5) is 9.18 Å². The Morgan fingerprint density at radius 2 is 1.88 bits per heavy atom. The van der Waals surface area contributed by atoms with Gasteiger partial charge in [-0.15, -0.1) is 0 Å². The Bertz CT molecular complexity index is 796. The van der Waals surface area contributed by atoms with Gasteiger partial charge in [0.2, 0.25) is 0 Å². The number of amides is 2. The topological polar surface area (TPSA) is 69.6 Å². The van der Waals surface area contributed by atoms with Crippen LogP contribution in [-0.2, 0) is 4.79 Å². The van der Waals surface area contributed by atoms with Gasteiger partial charge in [0.1, 0.15) is 5.82 Å². The third-order valence-corrected chi connectivity index (χ3v) is 4.29. The molecule has 0 saturated heterocycles. The number of carbonyl (C=O) groups is 2. The van der Waals surface area contributed by atoms with Crippen molar-refractivity contribution in [2.45, 2.75) is 19.4 Å². The minimum Gasteiger partial charge on any atom is -0.481 e. The van der Waals surface area contributed by atoms with Gasteiger partial charge in [-0.05, 0) is 30.2 Å². The average Bonchev–Trinajstić information content (AvgIpc) is 2.58. The quantitative estimate of drug-likeness (QED) is 0.798. The lowest BCUT2D eigenvalue weighted by Gasteiger charge is -2.25. The summed E-state index contributed by atoms with van der Waals surface area (Å²) >= 11 is 6.19. The maximum absolute atomic E-state index is 13.4. The number of nitrogens with zero attached hydrogens (tertiary/aromatic N) is 1. The lowest BCUT2D eigenvalue weighted by molar-refractivity contribution is -0.137. The molecule has 0 bridgehead atoms. The van der Waals surface area contributed by atoms with E-state index in [4.69, 9.17) is 16.7 Å². The van der Waals surface area contributed by atoms with Crippen molar-refractivity contribution >= 4 is 23.6 Å². The summed E-state index contributed by atoms with van der Waals surface area (Å²) in [6.07, 6.45) is -0.156. The minimum atomic E-state index is -0.985. The number of aliphatic carboxylic acids is 1. The average molecular weight is 379 g/mol. The lowest BCUT2D eigenvalue weighted by atomic mass is 9.97. The molecule has 0 heterocycles. The maximum Gasteiger partial charge on any atom is 0.317 e. The third-order valence-electron chi connectivity index (χ3n) is 3.96. The molecule has 0 fully saturated rings. The fraction of sp³-hybridized carbons (Fsp3) is 0.263. The van der Waals surface area contributed by atoms with Crippen LogP contribution in [0.15, 0.2) is 42.5 Å². The Morgan fingerprint density at radius 3 is 2.46 bits per heavy atom. The predicted molar refractivity (Wildman–Crippen MR) is 97.8 cm³/mol. The van der Waals surface area contributed by atoms with Gasteiger partial charge in [0.05, 0.1) is 12.5 Å². The highest BCUT2D eigenvalue weighted by atomic mass is 35.5. The Hall–Kier alpha value is -2.60. The van der Waals surface area contributed by atoms with Gasteiger partial charge in [0.25, 0.3) is 0 Å². The third kappa shape index (κ3) is 5.20. The molecule has 0 aliphatic heterocycles. The smallest absolute Gasteiger partial charge is 0.317 e. The second-order valence-electron chi connectivity index (χ2n) is 6.02. The summed E-state index contributed by atoms with van der Waals surface area (Å²) in [5.41, 5.74) is 2.39. The van der Waals surface area contributed by atoms with E-state index in [0.29, 0.717) is 5.56 Å². The van der Waals surface area contributed by atoms with Crippen molar-refractivity contribution in [2.24, 2.45) is 0 Å². The van der Waals surface area contributed by atoms with Crippen molar-refractivity contribution in [1.29, 1.82) is 0 Å². The maximum atomic E-state index is 13.4. The van der Waals surface area contributed by atoms with E-state index in [-0.39, 0.29) is 18.0 Å². The molecule has 5 nitrogen and oxygen atoms in total. The van der Waals surface area contributed by atoms with Crippen LogP contribution in [0.1, 0.15) is 29.2 Å². The Labute approximate surface area is 156 Å². The Kier molecular flexibility index (Phi) is 6.58. The molecule has 2 aromatic rings. The van der Waals surface area contributed by atoms with E-state index in [2.05, 4.69) is 5.32 Å². The molecule has 2 aromatic carbocycles. The summed E-state index contributed by atoms with van der Waals surface area (Å²) in [6, 6.07) is 10.5. The molecule has 7 heteroatoms. The molecule has 0 aliphatic rings. The van der Waals surface area contributed by atoms with E-state index in [1.807, 2.05) is 31.2 Å². The molecule has 0 aliphatic carbocycles. The molecule has 2 amide bonds. The van der Waals surface area contributed by atoms with Crippen molar-refractivity contribution in [3.05, 3.63) is 70.0 Å². The molecular formula is C19H20ClFN2O3. The van der Waals surface area contributed by atoms with Crippen LogP contribution in [0, 0.1) is 12.7 Å². The van der Waals surface area contributed by atoms with E-state index < -0.39 is 23.9 Å². The van der Waals surface area contributed by atoms with E-state index in [1.54, 1.807) is 0 Å². The number of benzene rings is 2. The van der Waals surface area contributed by atoms with Crippen LogP contribution in [-0.4, -0.2) is 35.6 Å². The van der Waals surface area contributed by atoms with Crippen molar-refractivity contribution in [3.63, 3.8) is 0 Å². The van der Waals surface area contributed by atoms with Gasteiger partial charge in [-0.3, -0.25) is 4.79 Å². The largest absolute Gasteiger partial charge is 0.481 e. The first-order chi connectivity index (χ1) is 12.3. The van der Waals surface area contributed by atoms with Crippen LogP contribution in [0.5, 0.6) is 0 Å². The zero-order chi connectivity index (χ0) is 19.3. The van der Waals surface area contributed by atoms with Gasteiger partial charge in [0, 0.05) is 18.6 Å². The summed E-state index contributed by atoms with van der Waals surface area (Å²) in [5.74, 6) is -1.45. The van der Waals surface area contributed by atoms with Crippen molar-refractivity contribution in [1.82, 2.24) is 10.2 Å². The van der Waals surface area contributed by atoms with Crippen molar-refractivity contribution < 1.29 is 19.1 Å². The Balaban J connectivity index is 2.30. The van der Waals surface area contributed by atoms with Gasteiger partial charge in [-0.25, -0.2) is 9.18 Å². The Morgan fingerprint density at radius 1 is 1.23 bits per heavy atom. The van der Waals surface area contributed by atoms with Crippen LogP contribution >= 0.6 is 11.6 Å². The predicted octanol–water partition coefficient (Wildman–Crippen LogP) is 3.99. The van der Waals surface area contributed by atoms with Crippen molar-refractivity contribution in [2.75, 3.05) is 13.6 Å². The molecule has 1 atom stereocenters. The van der Waals surface area contributed by atoms with Gasteiger partial charge in [0.15, 0.2) is 0 Å². The summed E-state index contributed by atoms with van der Waals surface area (Å²) < 4.78 is 13.4. The normalized spacial score (nSPS) is 11.7. The SMILES string of the molecule is Cc1ccc(C(NC(=O)N(C)CCC(=O)O)c2ccc(F)cc2Cl)cc1. The minimum absolute atomic E-state index is 0.0684. The van der Waals surface area contributed by atoms with E-state index in [1.165, 1.54) is 30.1 Å². The van der Waals surface area contributed by atoms with E-state index in [9.17, 15) is 14.0 Å². The number of carboxylic acid groups (broad SMARTS) is 1. The molecule has 26 heavy (non-hydrogen) atoms.